The minimum atomic E-state index is -0.596. The molecule has 3 heterocycles. The molecule has 27 heavy (non-hydrogen) atoms. The molecule has 3 aliphatic rings. The second-order valence-electron chi connectivity index (χ2n) is 8.46. The summed E-state index contributed by atoms with van der Waals surface area (Å²) in [6.45, 7) is 7.63. The summed E-state index contributed by atoms with van der Waals surface area (Å²) in [5, 5.41) is 6.50. The maximum absolute atomic E-state index is 13.1. The number of carbonyl (C=O) groups is 2. The van der Waals surface area contributed by atoms with E-state index in [0.29, 0.717) is 32.0 Å². The molecule has 146 valence electrons. The number of nitrogens with one attached hydrogen (secondary N) is 2. The molecule has 0 radical (unpaired) electrons. The van der Waals surface area contributed by atoms with E-state index in [4.69, 9.17) is 0 Å². The third kappa shape index (κ3) is 3.43. The fraction of sp³-hybridized carbons (Fsp3) is 0.619. The van der Waals surface area contributed by atoms with Gasteiger partial charge in [-0.2, -0.15) is 0 Å². The maximum Gasteiger partial charge on any atom is 0.250 e. The first-order valence-corrected chi connectivity index (χ1v) is 10.2. The Morgan fingerprint density at radius 3 is 2.56 bits per heavy atom. The SMILES string of the molecule is CC(C)N1CCCC(C(=O)N2CCC3(CC2)Nc2ccccc2NC3=O)C1. The molecule has 6 nitrogen and oxygen atoms in total. The van der Waals surface area contributed by atoms with Crippen LogP contribution in [0.4, 0.5) is 11.4 Å². The Bertz CT molecular complexity index is 725. The predicted octanol–water partition coefficient (Wildman–Crippen LogP) is 2.53. The third-order valence-corrected chi connectivity index (χ3v) is 6.44. The normalized spacial score (nSPS) is 25.1. The Balaban J connectivity index is 1.40. The largest absolute Gasteiger partial charge is 0.369 e. The second kappa shape index (κ2) is 7.15. The lowest BCUT2D eigenvalue weighted by atomic mass is 9.83. The summed E-state index contributed by atoms with van der Waals surface area (Å²) in [6, 6.07) is 8.29. The highest BCUT2D eigenvalue weighted by Gasteiger charge is 2.45. The van der Waals surface area contributed by atoms with Crippen molar-refractivity contribution >= 4 is 23.2 Å². The predicted molar refractivity (Wildman–Crippen MR) is 107 cm³/mol. The number of para-hydroxylation sites is 2. The number of amides is 2. The molecular weight excluding hydrogens is 340 g/mol. The van der Waals surface area contributed by atoms with Crippen LogP contribution in [0.3, 0.4) is 0 Å². The van der Waals surface area contributed by atoms with E-state index in [2.05, 4.69) is 29.4 Å². The molecule has 6 heteroatoms. The van der Waals surface area contributed by atoms with E-state index in [1.807, 2.05) is 29.2 Å². The number of hydrogen-bond acceptors (Lipinski definition) is 4. The van der Waals surface area contributed by atoms with Gasteiger partial charge >= 0.3 is 0 Å². The molecule has 1 aromatic carbocycles. The smallest absolute Gasteiger partial charge is 0.250 e. The number of benzene rings is 1. The highest BCUT2D eigenvalue weighted by atomic mass is 16.2. The van der Waals surface area contributed by atoms with Gasteiger partial charge in [-0.25, -0.2) is 0 Å². The van der Waals surface area contributed by atoms with Crippen LogP contribution >= 0.6 is 0 Å². The van der Waals surface area contributed by atoms with E-state index in [9.17, 15) is 9.59 Å². The van der Waals surface area contributed by atoms with Crippen molar-refractivity contribution in [2.24, 2.45) is 5.92 Å². The molecule has 1 aromatic rings. The maximum atomic E-state index is 13.1. The molecule has 0 aromatic heterocycles. The van der Waals surface area contributed by atoms with Crippen LogP contribution in [0.5, 0.6) is 0 Å². The van der Waals surface area contributed by atoms with E-state index in [1.54, 1.807) is 0 Å². The van der Waals surface area contributed by atoms with Crippen LogP contribution in [-0.4, -0.2) is 59.4 Å². The zero-order valence-corrected chi connectivity index (χ0v) is 16.3. The number of hydrogen-bond donors (Lipinski definition) is 2. The summed E-state index contributed by atoms with van der Waals surface area (Å²) >= 11 is 0. The Hall–Kier alpha value is -2.08. The van der Waals surface area contributed by atoms with Gasteiger partial charge in [-0.15, -0.1) is 0 Å². The molecule has 4 rings (SSSR count). The van der Waals surface area contributed by atoms with Crippen molar-refractivity contribution in [1.29, 1.82) is 0 Å². The number of fused-ring (bicyclic) bond motifs is 1. The Kier molecular flexibility index (Phi) is 4.84. The van der Waals surface area contributed by atoms with Crippen molar-refractivity contribution in [3.63, 3.8) is 0 Å². The standard InChI is InChI=1S/C21H30N4O2/c1-15(2)25-11-5-6-16(14-25)19(26)24-12-9-21(10-13-24)20(27)22-17-7-3-4-8-18(17)23-21/h3-4,7-8,15-16,23H,5-6,9-14H2,1-2H3,(H,22,27). The van der Waals surface area contributed by atoms with Gasteiger partial charge in [0.2, 0.25) is 11.8 Å². The highest BCUT2D eigenvalue weighted by Crippen LogP contribution is 2.36. The van der Waals surface area contributed by atoms with Gasteiger partial charge in [0.05, 0.1) is 17.3 Å². The van der Waals surface area contributed by atoms with Crippen LogP contribution in [0, 0.1) is 5.92 Å². The van der Waals surface area contributed by atoms with Gasteiger partial charge in [-0.1, -0.05) is 12.1 Å². The lowest BCUT2D eigenvalue weighted by Crippen LogP contribution is -2.60. The first kappa shape index (κ1) is 18.3. The van der Waals surface area contributed by atoms with E-state index in [-0.39, 0.29) is 17.7 Å². The lowest BCUT2D eigenvalue weighted by molar-refractivity contribution is -0.140. The van der Waals surface area contributed by atoms with Crippen molar-refractivity contribution in [1.82, 2.24) is 9.80 Å². The Morgan fingerprint density at radius 2 is 1.85 bits per heavy atom. The van der Waals surface area contributed by atoms with Crippen molar-refractivity contribution < 1.29 is 9.59 Å². The summed E-state index contributed by atoms with van der Waals surface area (Å²) in [4.78, 5) is 30.2. The fourth-order valence-corrected chi connectivity index (χ4v) is 4.65. The third-order valence-electron chi connectivity index (χ3n) is 6.44. The fourth-order valence-electron chi connectivity index (χ4n) is 4.65. The number of piperidine rings is 2. The average Bonchev–Trinajstić information content (AvgIpc) is 2.69. The van der Waals surface area contributed by atoms with Gasteiger partial charge in [0.15, 0.2) is 0 Å². The van der Waals surface area contributed by atoms with Gasteiger partial charge in [-0.05, 0) is 58.2 Å². The van der Waals surface area contributed by atoms with Gasteiger partial charge in [0.25, 0.3) is 0 Å². The van der Waals surface area contributed by atoms with Crippen molar-refractivity contribution in [2.45, 2.75) is 51.1 Å². The second-order valence-corrected chi connectivity index (χ2v) is 8.46. The molecule has 2 amide bonds. The van der Waals surface area contributed by atoms with E-state index in [0.717, 1.165) is 37.3 Å². The molecular formula is C21H30N4O2. The van der Waals surface area contributed by atoms with Crippen LogP contribution in [0.25, 0.3) is 0 Å². The Labute approximate surface area is 161 Å². The molecule has 2 N–H and O–H groups in total. The van der Waals surface area contributed by atoms with E-state index < -0.39 is 5.54 Å². The van der Waals surface area contributed by atoms with Gasteiger partial charge in [0, 0.05) is 25.7 Å². The topological polar surface area (TPSA) is 64.7 Å². The van der Waals surface area contributed by atoms with Crippen molar-refractivity contribution in [3.05, 3.63) is 24.3 Å². The van der Waals surface area contributed by atoms with Gasteiger partial charge < -0.3 is 20.4 Å². The van der Waals surface area contributed by atoms with E-state index >= 15 is 0 Å². The number of rotatable bonds is 2. The number of likely N-dealkylation sites (tertiary alicyclic amines) is 2. The van der Waals surface area contributed by atoms with E-state index in [1.165, 1.54) is 0 Å². The highest BCUT2D eigenvalue weighted by molar-refractivity contribution is 6.06. The van der Waals surface area contributed by atoms with Crippen LogP contribution < -0.4 is 10.6 Å². The zero-order chi connectivity index (χ0) is 19.0. The summed E-state index contributed by atoms with van der Waals surface area (Å²) in [7, 11) is 0. The summed E-state index contributed by atoms with van der Waals surface area (Å²) in [5.41, 5.74) is 1.21. The summed E-state index contributed by atoms with van der Waals surface area (Å²) in [6.07, 6.45) is 3.38. The number of carbonyl (C=O) groups excluding carboxylic acids is 2. The van der Waals surface area contributed by atoms with Crippen LogP contribution in [-0.2, 0) is 9.59 Å². The van der Waals surface area contributed by atoms with Crippen LogP contribution in [0.2, 0.25) is 0 Å². The first-order chi connectivity index (χ1) is 13.0. The zero-order valence-electron chi connectivity index (χ0n) is 16.3. The van der Waals surface area contributed by atoms with Crippen LogP contribution in [0.15, 0.2) is 24.3 Å². The molecule has 1 unspecified atom stereocenters. The monoisotopic (exact) mass is 370 g/mol. The van der Waals surface area contributed by atoms with Crippen LogP contribution in [0.1, 0.15) is 39.5 Å². The molecule has 0 aliphatic carbocycles. The molecule has 1 atom stereocenters. The number of anilines is 2. The lowest BCUT2D eigenvalue weighted by Gasteiger charge is -2.45. The minimum absolute atomic E-state index is 0.0250. The molecule has 1 spiro atoms. The quantitative estimate of drug-likeness (QED) is 0.840. The molecule has 2 saturated heterocycles. The molecule has 3 aliphatic heterocycles. The average molecular weight is 370 g/mol. The van der Waals surface area contributed by atoms with Crippen molar-refractivity contribution in [2.75, 3.05) is 36.8 Å². The summed E-state index contributed by atoms with van der Waals surface area (Å²) in [5.74, 6) is 0.396. The summed E-state index contributed by atoms with van der Waals surface area (Å²) < 4.78 is 0. The number of nitrogens with zero attached hydrogens (tertiary/aromatic N) is 2. The van der Waals surface area contributed by atoms with Gasteiger partial charge in [-0.3, -0.25) is 9.59 Å². The molecule has 0 saturated carbocycles. The first-order valence-electron chi connectivity index (χ1n) is 10.2. The van der Waals surface area contributed by atoms with Crippen molar-refractivity contribution in [3.8, 4) is 0 Å². The molecule has 2 fully saturated rings. The molecule has 0 bridgehead atoms. The minimum Gasteiger partial charge on any atom is -0.369 e. The Morgan fingerprint density at radius 1 is 1.15 bits per heavy atom. The van der Waals surface area contributed by atoms with Gasteiger partial charge in [0.1, 0.15) is 5.54 Å².